The highest BCUT2D eigenvalue weighted by Crippen LogP contribution is 2.19. The van der Waals surface area contributed by atoms with Crippen LogP contribution in [0.3, 0.4) is 0 Å². The Morgan fingerprint density at radius 3 is 3.19 bits per heavy atom. The highest BCUT2D eigenvalue weighted by molar-refractivity contribution is 7.16. The average Bonchev–Trinajstić information content (AvgIpc) is 3.12. The number of hydrogen-bond donors (Lipinski definition) is 3. The maximum Gasteiger partial charge on any atom is 0.257 e. The summed E-state index contributed by atoms with van der Waals surface area (Å²) in [6.07, 6.45) is 3.32. The van der Waals surface area contributed by atoms with Gasteiger partial charge in [-0.3, -0.25) is 15.2 Å². The van der Waals surface area contributed by atoms with Crippen molar-refractivity contribution in [2.45, 2.75) is 0 Å². The van der Waals surface area contributed by atoms with Crippen molar-refractivity contribution in [3.63, 3.8) is 0 Å². The fourth-order valence-electron chi connectivity index (χ4n) is 1.78. The number of benzene rings is 1. The van der Waals surface area contributed by atoms with Crippen LogP contribution in [0.4, 0.5) is 5.13 Å². The van der Waals surface area contributed by atoms with Crippen LogP contribution in [0, 0.1) is 11.8 Å². The van der Waals surface area contributed by atoms with Gasteiger partial charge in [0.15, 0.2) is 5.13 Å². The SMILES string of the molecule is NCC#Cc1cnc(NC(=O)c2ccc3cn[nH]c3c2)s1. The van der Waals surface area contributed by atoms with Gasteiger partial charge in [0.25, 0.3) is 5.91 Å². The molecule has 0 aliphatic carbocycles. The predicted molar refractivity (Wildman–Crippen MR) is 82.1 cm³/mol. The smallest absolute Gasteiger partial charge is 0.257 e. The molecule has 0 saturated carbocycles. The second kappa shape index (κ2) is 5.75. The zero-order chi connectivity index (χ0) is 14.7. The van der Waals surface area contributed by atoms with Gasteiger partial charge in [-0.25, -0.2) is 4.98 Å². The van der Waals surface area contributed by atoms with Gasteiger partial charge in [-0.1, -0.05) is 29.2 Å². The zero-order valence-corrected chi connectivity index (χ0v) is 11.7. The number of nitrogens with zero attached hydrogens (tertiary/aromatic N) is 2. The molecule has 0 bridgehead atoms. The summed E-state index contributed by atoms with van der Waals surface area (Å²) >= 11 is 1.31. The molecule has 0 radical (unpaired) electrons. The van der Waals surface area contributed by atoms with E-state index in [2.05, 4.69) is 32.3 Å². The predicted octanol–water partition coefficient (Wildman–Crippen LogP) is 1.58. The second-order valence-electron chi connectivity index (χ2n) is 4.16. The van der Waals surface area contributed by atoms with Gasteiger partial charge in [0, 0.05) is 10.9 Å². The van der Waals surface area contributed by atoms with Crippen molar-refractivity contribution in [3.05, 3.63) is 41.0 Å². The first-order valence-electron chi connectivity index (χ1n) is 6.15. The average molecular weight is 297 g/mol. The Morgan fingerprint density at radius 1 is 1.43 bits per heavy atom. The van der Waals surface area contributed by atoms with Gasteiger partial charge >= 0.3 is 0 Å². The summed E-state index contributed by atoms with van der Waals surface area (Å²) in [5.41, 5.74) is 6.66. The maximum absolute atomic E-state index is 12.2. The summed E-state index contributed by atoms with van der Waals surface area (Å²) in [6.45, 7) is 0.295. The number of aromatic nitrogens is 3. The quantitative estimate of drug-likeness (QED) is 0.626. The molecule has 3 rings (SSSR count). The number of carbonyl (C=O) groups excluding carboxylic acids is 1. The number of nitrogens with one attached hydrogen (secondary N) is 2. The number of hydrogen-bond acceptors (Lipinski definition) is 5. The molecule has 4 N–H and O–H groups in total. The molecule has 0 unspecified atom stereocenters. The molecule has 21 heavy (non-hydrogen) atoms. The third kappa shape index (κ3) is 2.91. The number of carbonyl (C=O) groups is 1. The summed E-state index contributed by atoms with van der Waals surface area (Å²) in [7, 11) is 0. The molecule has 7 heteroatoms. The number of amides is 1. The number of nitrogens with two attached hydrogens (primary N) is 1. The van der Waals surface area contributed by atoms with Crippen molar-refractivity contribution >= 4 is 33.3 Å². The van der Waals surface area contributed by atoms with Crippen LogP contribution in [0.1, 0.15) is 15.2 Å². The Labute approximate surface area is 124 Å². The monoisotopic (exact) mass is 297 g/mol. The van der Waals surface area contributed by atoms with E-state index in [0.29, 0.717) is 17.2 Å². The Hall–Kier alpha value is -2.69. The standard InChI is InChI=1S/C14H11N5OS/c15-5-1-2-11-8-16-14(21-11)18-13(20)9-3-4-10-7-17-19-12(10)6-9/h3-4,6-8H,5,15H2,(H,17,19)(H,16,18,20). The van der Waals surface area contributed by atoms with E-state index in [1.54, 1.807) is 24.5 Å². The van der Waals surface area contributed by atoms with Crippen LogP contribution in [-0.2, 0) is 0 Å². The minimum atomic E-state index is -0.223. The van der Waals surface area contributed by atoms with E-state index in [0.717, 1.165) is 15.8 Å². The molecular formula is C14H11N5OS. The van der Waals surface area contributed by atoms with Gasteiger partial charge in [0.05, 0.1) is 29.3 Å². The largest absolute Gasteiger partial charge is 0.320 e. The second-order valence-corrected chi connectivity index (χ2v) is 5.19. The van der Waals surface area contributed by atoms with Gasteiger partial charge in [-0.05, 0) is 12.1 Å². The van der Waals surface area contributed by atoms with Crippen molar-refractivity contribution in [1.29, 1.82) is 0 Å². The molecule has 6 nitrogen and oxygen atoms in total. The van der Waals surface area contributed by atoms with Crippen LogP contribution in [0.25, 0.3) is 10.9 Å². The highest BCUT2D eigenvalue weighted by Gasteiger charge is 2.09. The van der Waals surface area contributed by atoms with E-state index in [1.165, 1.54) is 11.3 Å². The van der Waals surface area contributed by atoms with E-state index in [4.69, 9.17) is 5.73 Å². The molecular weight excluding hydrogens is 286 g/mol. The summed E-state index contributed by atoms with van der Waals surface area (Å²) in [6, 6.07) is 5.34. The Bertz CT molecular complexity index is 855. The molecule has 0 aliphatic heterocycles. The first-order valence-corrected chi connectivity index (χ1v) is 6.97. The molecule has 0 spiro atoms. The highest BCUT2D eigenvalue weighted by atomic mass is 32.1. The van der Waals surface area contributed by atoms with E-state index in [1.807, 2.05) is 6.07 Å². The van der Waals surface area contributed by atoms with Gasteiger partial charge in [-0.2, -0.15) is 5.10 Å². The lowest BCUT2D eigenvalue weighted by Gasteiger charge is -2.01. The molecule has 0 aliphatic rings. The Kier molecular flexibility index (Phi) is 3.64. The number of H-pyrrole nitrogens is 1. The van der Waals surface area contributed by atoms with E-state index < -0.39 is 0 Å². The summed E-state index contributed by atoms with van der Waals surface area (Å²) in [5, 5.41) is 11.0. The van der Waals surface area contributed by atoms with Crippen LogP contribution in [0.5, 0.6) is 0 Å². The van der Waals surface area contributed by atoms with Gasteiger partial charge in [0.1, 0.15) is 0 Å². The fraction of sp³-hybridized carbons (Fsp3) is 0.0714. The molecule has 0 fully saturated rings. The molecule has 0 saturated heterocycles. The number of anilines is 1. The van der Waals surface area contributed by atoms with Crippen LogP contribution in [-0.4, -0.2) is 27.6 Å². The molecule has 104 valence electrons. The number of fused-ring (bicyclic) bond motifs is 1. The van der Waals surface area contributed by atoms with Crippen molar-refractivity contribution < 1.29 is 4.79 Å². The number of thiazole rings is 1. The van der Waals surface area contributed by atoms with Crippen LogP contribution >= 0.6 is 11.3 Å². The minimum Gasteiger partial charge on any atom is -0.320 e. The molecule has 3 aromatic rings. The fourth-order valence-corrected chi connectivity index (χ4v) is 2.46. The van der Waals surface area contributed by atoms with Gasteiger partial charge < -0.3 is 5.73 Å². The third-order valence-corrected chi connectivity index (χ3v) is 3.57. The number of aromatic amines is 1. The minimum absolute atomic E-state index is 0.223. The van der Waals surface area contributed by atoms with Crippen molar-refractivity contribution in [2.24, 2.45) is 5.73 Å². The molecule has 2 heterocycles. The number of rotatable bonds is 2. The van der Waals surface area contributed by atoms with Crippen molar-refractivity contribution in [2.75, 3.05) is 11.9 Å². The Balaban J connectivity index is 1.77. The Morgan fingerprint density at radius 2 is 2.33 bits per heavy atom. The molecule has 1 amide bonds. The topological polar surface area (TPSA) is 96.7 Å². The van der Waals surface area contributed by atoms with Crippen LogP contribution in [0.15, 0.2) is 30.6 Å². The van der Waals surface area contributed by atoms with Crippen molar-refractivity contribution in [1.82, 2.24) is 15.2 Å². The lowest BCUT2D eigenvalue weighted by atomic mass is 10.1. The van der Waals surface area contributed by atoms with Crippen molar-refractivity contribution in [3.8, 4) is 11.8 Å². The first kappa shape index (κ1) is 13.3. The van der Waals surface area contributed by atoms with Gasteiger partial charge in [-0.15, -0.1) is 0 Å². The summed E-state index contributed by atoms with van der Waals surface area (Å²) < 4.78 is 0. The third-order valence-electron chi connectivity index (χ3n) is 2.74. The van der Waals surface area contributed by atoms with E-state index in [-0.39, 0.29) is 5.91 Å². The summed E-state index contributed by atoms with van der Waals surface area (Å²) in [4.78, 5) is 17.0. The molecule has 1 aromatic carbocycles. The lowest BCUT2D eigenvalue weighted by Crippen LogP contribution is -2.11. The summed E-state index contributed by atoms with van der Waals surface area (Å²) in [5.74, 6) is 5.40. The molecule has 0 atom stereocenters. The van der Waals surface area contributed by atoms with Crippen LogP contribution < -0.4 is 11.1 Å². The van der Waals surface area contributed by atoms with Crippen LogP contribution in [0.2, 0.25) is 0 Å². The first-order chi connectivity index (χ1) is 10.3. The zero-order valence-electron chi connectivity index (χ0n) is 10.9. The van der Waals surface area contributed by atoms with Gasteiger partial charge in [0.2, 0.25) is 0 Å². The lowest BCUT2D eigenvalue weighted by molar-refractivity contribution is 0.102. The normalized spacial score (nSPS) is 10.1. The van der Waals surface area contributed by atoms with E-state index >= 15 is 0 Å². The van der Waals surface area contributed by atoms with E-state index in [9.17, 15) is 4.79 Å². The molecule has 2 aromatic heterocycles. The maximum atomic E-state index is 12.2.